The first-order valence-electron chi connectivity index (χ1n) is 35.4. The molecule has 0 aliphatic carbocycles. The highest BCUT2D eigenvalue weighted by Gasteiger charge is 2.30. The van der Waals surface area contributed by atoms with Gasteiger partial charge in [-0.2, -0.15) is 0 Å². The Morgan fingerprint density at radius 1 is 0.250 bits per heavy atom. The summed E-state index contributed by atoms with van der Waals surface area (Å²) < 4.78 is 72.9. The van der Waals surface area contributed by atoms with Gasteiger partial charge in [-0.15, -0.1) is 0 Å². The zero-order valence-electron chi connectivity index (χ0n) is 58.6. The second-order valence-corrected chi connectivity index (χ2v) is 25.0. The lowest BCUT2D eigenvalue weighted by Crippen LogP contribution is -2.23. The SMILES string of the molecule is CCCCCC[C@H](C)OCC(=O)Oc1cc2c(OC(=O)CO[C@@H](C)CCCCCC)c(OC(=O)CO[C@@H](C)CCCCCC)c3cc(OC(=O)CO[C@@H](C)CCCCCC)c(OC(=O)CO[C@@H](C)CCCCCC)cc3c2cc1OC(=O)CO[C@@H](C)CCCCCC. The summed E-state index contributed by atoms with van der Waals surface area (Å²) in [4.78, 5) is 84.8. The minimum atomic E-state index is -0.880. The van der Waals surface area contributed by atoms with Gasteiger partial charge in [-0.3, -0.25) is 0 Å². The molecule has 18 heteroatoms. The van der Waals surface area contributed by atoms with Gasteiger partial charge in [0.05, 0.1) is 36.6 Å². The van der Waals surface area contributed by atoms with Gasteiger partial charge in [0.2, 0.25) is 0 Å². The molecular formula is C74H118O18. The first-order valence-corrected chi connectivity index (χ1v) is 35.4. The van der Waals surface area contributed by atoms with Crippen molar-refractivity contribution in [3.05, 3.63) is 24.3 Å². The molecule has 0 saturated carbocycles. The third kappa shape index (κ3) is 33.7. The number of carbonyl (C=O) groups is 6. The number of unbranched alkanes of at least 4 members (excludes halogenated alkanes) is 18. The maximum absolute atomic E-state index is 14.4. The molecule has 0 spiro atoms. The van der Waals surface area contributed by atoms with Crippen molar-refractivity contribution in [1.82, 2.24) is 0 Å². The van der Waals surface area contributed by atoms with Gasteiger partial charge in [0.25, 0.3) is 0 Å². The highest BCUT2D eigenvalue weighted by atomic mass is 16.6. The molecule has 0 aliphatic heterocycles. The fourth-order valence-electron chi connectivity index (χ4n) is 10.5. The summed E-state index contributed by atoms with van der Waals surface area (Å²) in [5.41, 5.74) is 0. The zero-order valence-corrected chi connectivity index (χ0v) is 58.6. The van der Waals surface area contributed by atoms with Crippen molar-refractivity contribution in [2.45, 2.75) is 312 Å². The number of carbonyl (C=O) groups excluding carboxylic acids is 6. The average Bonchev–Trinajstić information content (AvgIpc) is 0.736. The van der Waals surface area contributed by atoms with E-state index < -0.39 is 75.5 Å². The summed E-state index contributed by atoms with van der Waals surface area (Å²) in [6.07, 6.45) is 26.8. The Labute approximate surface area is 551 Å². The Balaban J connectivity index is 2.47. The molecule has 3 aromatic rings. The molecular weight excluding hydrogens is 1180 g/mol. The van der Waals surface area contributed by atoms with E-state index in [0.29, 0.717) is 25.7 Å². The van der Waals surface area contributed by atoms with Crippen molar-refractivity contribution >= 4 is 57.4 Å². The molecule has 0 N–H and O–H groups in total. The number of esters is 6. The van der Waals surface area contributed by atoms with E-state index in [4.69, 9.17) is 56.8 Å². The molecule has 0 unspecified atom stereocenters. The molecule has 0 bridgehead atoms. The van der Waals surface area contributed by atoms with Crippen molar-refractivity contribution in [2.24, 2.45) is 0 Å². The fourth-order valence-corrected chi connectivity index (χ4v) is 10.5. The quantitative estimate of drug-likeness (QED) is 0.0222. The van der Waals surface area contributed by atoms with Crippen LogP contribution in [0, 0.1) is 0 Å². The molecule has 0 fully saturated rings. The Morgan fingerprint density at radius 2 is 0.424 bits per heavy atom. The molecule has 0 radical (unpaired) electrons. The molecule has 0 aliphatic rings. The Morgan fingerprint density at radius 3 is 0.609 bits per heavy atom. The van der Waals surface area contributed by atoms with E-state index in [2.05, 4.69) is 41.5 Å². The summed E-state index contributed by atoms with van der Waals surface area (Å²) in [6, 6.07) is 5.48. The van der Waals surface area contributed by atoms with Gasteiger partial charge in [-0.05, 0) is 115 Å². The van der Waals surface area contributed by atoms with E-state index in [1.54, 1.807) is 0 Å². The number of ether oxygens (including phenoxy) is 12. The minimum Gasteiger partial charge on any atom is -0.421 e. The predicted octanol–water partition coefficient (Wildman–Crippen LogP) is 17.7. The lowest BCUT2D eigenvalue weighted by atomic mass is 9.98. The van der Waals surface area contributed by atoms with Crippen LogP contribution in [0.1, 0.15) is 276 Å². The van der Waals surface area contributed by atoms with Crippen molar-refractivity contribution in [3.63, 3.8) is 0 Å². The predicted molar refractivity (Wildman–Crippen MR) is 360 cm³/mol. The Kier molecular flexibility index (Phi) is 42.7. The molecule has 6 atom stereocenters. The van der Waals surface area contributed by atoms with Gasteiger partial charge < -0.3 is 56.8 Å². The van der Waals surface area contributed by atoms with E-state index >= 15 is 0 Å². The molecule has 0 heterocycles. The second-order valence-electron chi connectivity index (χ2n) is 25.0. The molecule has 0 saturated heterocycles. The Bertz CT molecular complexity index is 2420. The first-order chi connectivity index (χ1) is 44.4. The van der Waals surface area contributed by atoms with Crippen LogP contribution >= 0.6 is 0 Å². The normalized spacial score (nSPS) is 13.5. The number of rotatable bonds is 54. The van der Waals surface area contributed by atoms with E-state index in [1.807, 2.05) is 41.5 Å². The van der Waals surface area contributed by atoms with Crippen molar-refractivity contribution in [2.75, 3.05) is 39.6 Å². The standard InChI is InChI=1S/C74H118O18/c1-13-19-25-31-37-53(7)81-47-67(75)87-63-43-59-60-44-64(88-68(76)48-82-54(8)38-32-26-20-14-2)66(90-70(78)50-84-56(10)40-34-28-22-16-4)46-62(60)74(92-72(80)52-86-58(12)42-36-30-24-18-6)73(91-71(79)51-85-57(11)41-35-29-23-17-5)61(59)45-65(63)89-69(77)49-83-55(9)39-33-27-21-15-3/h43-46,53-58H,13-42,47-52H2,1-12H3/t53-,54-,55-,56-,57-,58-/m0/s1. The zero-order chi connectivity index (χ0) is 67.5. The third-order valence-electron chi connectivity index (χ3n) is 16.2. The maximum atomic E-state index is 14.4. The summed E-state index contributed by atoms with van der Waals surface area (Å²) in [5.74, 6) is -6.80. The van der Waals surface area contributed by atoms with Crippen LogP contribution in [0.2, 0.25) is 0 Å². The Hall–Kier alpha value is -5.24. The number of benzene rings is 3. The highest BCUT2D eigenvalue weighted by Crippen LogP contribution is 2.50. The van der Waals surface area contributed by atoms with Crippen LogP contribution in [0.3, 0.4) is 0 Å². The molecule has 3 rings (SSSR count). The van der Waals surface area contributed by atoms with Crippen molar-refractivity contribution in [1.29, 1.82) is 0 Å². The van der Waals surface area contributed by atoms with Crippen LogP contribution in [-0.4, -0.2) is 112 Å². The van der Waals surface area contributed by atoms with E-state index in [1.165, 1.54) is 24.3 Å². The van der Waals surface area contributed by atoms with Gasteiger partial charge in [0.15, 0.2) is 34.5 Å². The summed E-state index contributed by atoms with van der Waals surface area (Å²) >= 11 is 0. The van der Waals surface area contributed by atoms with Crippen LogP contribution in [0.5, 0.6) is 34.5 Å². The van der Waals surface area contributed by atoms with Crippen LogP contribution in [0.4, 0.5) is 0 Å². The monoisotopic (exact) mass is 1290 g/mol. The summed E-state index contributed by atoms with van der Waals surface area (Å²) in [5, 5.41) is 0.336. The van der Waals surface area contributed by atoms with Crippen molar-refractivity contribution in [3.8, 4) is 34.5 Å². The van der Waals surface area contributed by atoms with E-state index in [0.717, 1.165) is 167 Å². The van der Waals surface area contributed by atoms with Gasteiger partial charge in [0.1, 0.15) is 39.6 Å². The van der Waals surface area contributed by atoms with E-state index in [9.17, 15) is 28.8 Å². The van der Waals surface area contributed by atoms with Crippen LogP contribution < -0.4 is 28.4 Å². The van der Waals surface area contributed by atoms with Crippen molar-refractivity contribution < 1.29 is 85.6 Å². The highest BCUT2D eigenvalue weighted by molar-refractivity contribution is 6.17. The third-order valence-corrected chi connectivity index (χ3v) is 16.2. The lowest BCUT2D eigenvalue weighted by Gasteiger charge is -2.21. The lowest BCUT2D eigenvalue weighted by molar-refractivity contribution is -0.144. The molecule has 18 nitrogen and oxygen atoms in total. The number of fused-ring (bicyclic) bond motifs is 3. The van der Waals surface area contributed by atoms with Crippen LogP contribution in [0.15, 0.2) is 24.3 Å². The average molecular weight is 1300 g/mol. The largest absolute Gasteiger partial charge is 0.421 e. The minimum absolute atomic E-state index is 0.0137. The van der Waals surface area contributed by atoms with Gasteiger partial charge in [-0.1, -0.05) is 196 Å². The smallest absolute Gasteiger partial charge is 0.337 e. The van der Waals surface area contributed by atoms with Gasteiger partial charge >= 0.3 is 35.8 Å². The van der Waals surface area contributed by atoms with Gasteiger partial charge in [-0.25, -0.2) is 28.8 Å². The summed E-state index contributed by atoms with van der Waals surface area (Å²) in [7, 11) is 0. The van der Waals surface area contributed by atoms with Crippen LogP contribution in [-0.2, 0) is 57.2 Å². The number of hydrogen-bond donors (Lipinski definition) is 0. The molecule has 0 aromatic heterocycles. The maximum Gasteiger partial charge on any atom is 0.337 e. The topological polar surface area (TPSA) is 213 Å². The summed E-state index contributed by atoms with van der Waals surface area (Å²) in [6.45, 7) is 21.2. The van der Waals surface area contributed by atoms with E-state index in [-0.39, 0.29) is 92.7 Å². The number of hydrogen-bond acceptors (Lipinski definition) is 18. The van der Waals surface area contributed by atoms with Crippen LogP contribution in [0.25, 0.3) is 21.5 Å². The van der Waals surface area contributed by atoms with Gasteiger partial charge in [0, 0.05) is 10.8 Å². The first kappa shape index (κ1) is 81.0. The fraction of sp³-hybridized carbons (Fsp3) is 0.730. The molecule has 92 heavy (non-hydrogen) atoms. The molecule has 522 valence electrons. The molecule has 3 aromatic carbocycles. The molecule has 0 amide bonds. The second kappa shape index (κ2) is 48.5.